The molecule has 0 atom stereocenters. The van der Waals surface area contributed by atoms with Crippen molar-refractivity contribution in [3.05, 3.63) is 24.2 Å². The summed E-state index contributed by atoms with van der Waals surface area (Å²) in [5.74, 6) is 2.32. The minimum absolute atomic E-state index is 0.0423. The average molecular weight is 315 g/mol. The van der Waals surface area contributed by atoms with E-state index in [1.165, 1.54) is 6.39 Å². The first-order chi connectivity index (χ1) is 11.0. The van der Waals surface area contributed by atoms with Crippen molar-refractivity contribution in [2.75, 3.05) is 11.1 Å². The van der Waals surface area contributed by atoms with Crippen LogP contribution in [0.15, 0.2) is 23.1 Å². The van der Waals surface area contributed by atoms with Crippen molar-refractivity contribution in [3.8, 4) is 17.3 Å². The number of H-pyrrole nitrogens is 1. The number of nitrogens with two attached hydrogens (primary N) is 1. The second-order valence-electron chi connectivity index (χ2n) is 5.18. The van der Waals surface area contributed by atoms with Crippen LogP contribution >= 0.6 is 0 Å². The fraction of sp³-hybridized carbons (Fsp3) is 0.286. The highest BCUT2D eigenvalue weighted by atomic mass is 16.5. The van der Waals surface area contributed by atoms with Gasteiger partial charge in [-0.05, 0) is 20.8 Å². The van der Waals surface area contributed by atoms with Crippen LogP contribution in [0, 0.1) is 6.92 Å². The largest absolute Gasteiger partial charge is 0.474 e. The van der Waals surface area contributed by atoms with Crippen molar-refractivity contribution in [1.82, 2.24) is 25.1 Å². The van der Waals surface area contributed by atoms with Crippen molar-refractivity contribution in [3.63, 3.8) is 0 Å². The van der Waals surface area contributed by atoms with Crippen molar-refractivity contribution in [2.45, 2.75) is 26.9 Å². The summed E-state index contributed by atoms with van der Waals surface area (Å²) in [6, 6.07) is 1.74. The maximum atomic E-state index is 5.78. The highest BCUT2D eigenvalue weighted by Crippen LogP contribution is 2.28. The normalized spacial score (nSPS) is 11.0. The number of aromatic amines is 1. The molecule has 3 aromatic rings. The van der Waals surface area contributed by atoms with E-state index in [2.05, 4.69) is 30.5 Å². The van der Waals surface area contributed by atoms with Gasteiger partial charge in [-0.15, -0.1) is 5.10 Å². The van der Waals surface area contributed by atoms with Gasteiger partial charge in [-0.2, -0.15) is 4.98 Å². The molecule has 3 heterocycles. The summed E-state index contributed by atoms with van der Waals surface area (Å²) in [7, 11) is 0. The molecular formula is C14H17N7O2. The highest BCUT2D eigenvalue weighted by Gasteiger charge is 2.15. The van der Waals surface area contributed by atoms with Crippen molar-refractivity contribution < 1.29 is 9.15 Å². The van der Waals surface area contributed by atoms with E-state index in [-0.39, 0.29) is 12.1 Å². The lowest BCUT2D eigenvalue weighted by Gasteiger charge is -2.10. The molecule has 0 fully saturated rings. The molecule has 23 heavy (non-hydrogen) atoms. The van der Waals surface area contributed by atoms with E-state index in [1.54, 1.807) is 12.3 Å². The Labute approximate surface area is 132 Å². The Kier molecular flexibility index (Phi) is 3.83. The molecule has 3 rings (SSSR count). The van der Waals surface area contributed by atoms with Gasteiger partial charge in [0.2, 0.25) is 11.8 Å². The zero-order valence-electron chi connectivity index (χ0n) is 13.0. The predicted molar refractivity (Wildman–Crippen MR) is 84.3 cm³/mol. The van der Waals surface area contributed by atoms with E-state index in [4.69, 9.17) is 14.9 Å². The van der Waals surface area contributed by atoms with Crippen molar-refractivity contribution >= 4 is 17.6 Å². The van der Waals surface area contributed by atoms with E-state index in [0.717, 1.165) is 5.56 Å². The Balaban J connectivity index is 1.90. The maximum absolute atomic E-state index is 5.78. The quantitative estimate of drug-likeness (QED) is 0.654. The molecule has 0 aliphatic carbocycles. The molecule has 0 bridgehead atoms. The molecular weight excluding hydrogens is 298 g/mol. The van der Waals surface area contributed by atoms with Gasteiger partial charge in [0, 0.05) is 11.6 Å². The van der Waals surface area contributed by atoms with Crippen LogP contribution in [0.1, 0.15) is 19.4 Å². The number of anilines is 3. The van der Waals surface area contributed by atoms with Crippen LogP contribution < -0.4 is 15.8 Å². The number of ether oxygens (including phenoxy) is 1. The fourth-order valence-electron chi connectivity index (χ4n) is 2.03. The van der Waals surface area contributed by atoms with Gasteiger partial charge in [0.05, 0.1) is 12.3 Å². The predicted octanol–water partition coefficient (Wildman–Crippen LogP) is 2.28. The summed E-state index contributed by atoms with van der Waals surface area (Å²) in [4.78, 5) is 12.3. The monoisotopic (exact) mass is 315 g/mol. The van der Waals surface area contributed by atoms with Crippen LogP contribution in [-0.2, 0) is 0 Å². The summed E-state index contributed by atoms with van der Waals surface area (Å²) >= 11 is 0. The Morgan fingerprint density at radius 1 is 1.35 bits per heavy atom. The summed E-state index contributed by atoms with van der Waals surface area (Å²) in [5, 5.41) is 10.0. The van der Waals surface area contributed by atoms with Crippen LogP contribution in [0.2, 0.25) is 0 Å². The summed E-state index contributed by atoms with van der Waals surface area (Å²) in [6.45, 7) is 5.73. The summed E-state index contributed by atoms with van der Waals surface area (Å²) in [5.41, 5.74) is 7.14. The first kappa shape index (κ1) is 14.8. The number of oxazole rings is 1. The molecule has 120 valence electrons. The standard InChI is InChI=1S/C14H17N7O2/c1-7(2)23-11-4-10(20-21-11)17-13-8(3)12(18-14(15)19-13)9-5-16-6-22-9/h4-7H,1-3H3,(H4,15,17,18,19,20,21). The molecule has 9 heteroatoms. The number of aromatic nitrogens is 5. The Bertz CT molecular complexity index is 796. The van der Waals surface area contributed by atoms with E-state index in [9.17, 15) is 0 Å². The van der Waals surface area contributed by atoms with Gasteiger partial charge in [-0.3, -0.25) is 5.10 Å². The van der Waals surface area contributed by atoms with Gasteiger partial charge in [0.25, 0.3) is 0 Å². The zero-order chi connectivity index (χ0) is 16.4. The van der Waals surface area contributed by atoms with Crippen LogP contribution in [0.3, 0.4) is 0 Å². The second kappa shape index (κ2) is 5.95. The molecule has 0 spiro atoms. The molecule has 4 N–H and O–H groups in total. The molecule has 0 unspecified atom stereocenters. The average Bonchev–Trinajstić information content (AvgIpc) is 3.14. The number of nitrogen functional groups attached to an aromatic ring is 1. The lowest BCUT2D eigenvalue weighted by Crippen LogP contribution is -2.05. The highest BCUT2D eigenvalue weighted by molar-refractivity contribution is 5.68. The number of nitrogens with zero attached hydrogens (tertiary/aromatic N) is 4. The minimum Gasteiger partial charge on any atom is -0.474 e. The van der Waals surface area contributed by atoms with Gasteiger partial charge in [-0.1, -0.05) is 0 Å². The fourth-order valence-corrected chi connectivity index (χ4v) is 2.03. The molecule has 0 saturated heterocycles. The Hall–Kier alpha value is -3.10. The summed E-state index contributed by atoms with van der Waals surface area (Å²) < 4.78 is 10.8. The van der Waals surface area contributed by atoms with E-state index < -0.39 is 0 Å². The summed E-state index contributed by atoms with van der Waals surface area (Å²) in [6.07, 6.45) is 2.95. The molecule has 0 aromatic carbocycles. The molecule has 0 saturated carbocycles. The Morgan fingerprint density at radius 2 is 2.17 bits per heavy atom. The molecule has 0 amide bonds. The topological polar surface area (TPSA) is 128 Å². The van der Waals surface area contributed by atoms with Crippen molar-refractivity contribution in [2.24, 2.45) is 0 Å². The SMILES string of the molecule is Cc1c(Nc2cc(OC(C)C)n[nH]2)nc(N)nc1-c1cnco1. The third-order valence-corrected chi connectivity index (χ3v) is 2.99. The minimum atomic E-state index is 0.0423. The van der Waals surface area contributed by atoms with Crippen LogP contribution in [0.25, 0.3) is 11.5 Å². The van der Waals surface area contributed by atoms with Gasteiger partial charge in [0.15, 0.2) is 12.2 Å². The molecule has 0 aliphatic heterocycles. The van der Waals surface area contributed by atoms with Gasteiger partial charge < -0.3 is 20.2 Å². The van der Waals surface area contributed by atoms with Crippen LogP contribution in [0.4, 0.5) is 17.6 Å². The van der Waals surface area contributed by atoms with Crippen LogP contribution in [-0.4, -0.2) is 31.3 Å². The maximum Gasteiger partial charge on any atom is 0.234 e. The van der Waals surface area contributed by atoms with Crippen molar-refractivity contribution in [1.29, 1.82) is 0 Å². The number of hydrogen-bond acceptors (Lipinski definition) is 8. The zero-order valence-corrected chi connectivity index (χ0v) is 13.0. The van der Waals surface area contributed by atoms with E-state index >= 15 is 0 Å². The van der Waals surface area contributed by atoms with Gasteiger partial charge >= 0.3 is 0 Å². The smallest absolute Gasteiger partial charge is 0.234 e. The van der Waals surface area contributed by atoms with Gasteiger partial charge in [0.1, 0.15) is 17.3 Å². The third kappa shape index (κ3) is 3.23. The Morgan fingerprint density at radius 3 is 2.87 bits per heavy atom. The first-order valence-corrected chi connectivity index (χ1v) is 7.05. The van der Waals surface area contributed by atoms with E-state index in [1.807, 2.05) is 20.8 Å². The van der Waals surface area contributed by atoms with Gasteiger partial charge in [-0.25, -0.2) is 9.97 Å². The molecule has 0 radical (unpaired) electrons. The first-order valence-electron chi connectivity index (χ1n) is 7.05. The number of nitrogens with one attached hydrogen (secondary N) is 2. The molecule has 0 aliphatic rings. The lowest BCUT2D eigenvalue weighted by molar-refractivity contribution is 0.232. The van der Waals surface area contributed by atoms with Crippen LogP contribution in [0.5, 0.6) is 5.88 Å². The van der Waals surface area contributed by atoms with E-state index in [0.29, 0.717) is 29.0 Å². The molecule has 3 aromatic heterocycles. The third-order valence-electron chi connectivity index (χ3n) is 2.99. The number of hydrogen-bond donors (Lipinski definition) is 3. The molecule has 9 nitrogen and oxygen atoms in total. The number of rotatable bonds is 5. The lowest BCUT2D eigenvalue weighted by atomic mass is 10.2. The second-order valence-corrected chi connectivity index (χ2v) is 5.18.